The molecule has 2 heteroatoms. The fourth-order valence-electron chi connectivity index (χ4n) is 4.23. The maximum Gasteiger partial charge on any atom is 0.119 e. The van der Waals surface area contributed by atoms with E-state index in [9.17, 15) is 0 Å². The highest BCUT2D eigenvalue weighted by atomic mass is 16.5. The van der Waals surface area contributed by atoms with E-state index in [1.165, 1.54) is 62.8 Å². The van der Waals surface area contributed by atoms with Gasteiger partial charge in [0.2, 0.25) is 0 Å². The Kier molecular flexibility index (Phi) is 4.99. The lowest BCUT2D eigenvalue weighted by atomic mass is 9.72. The van der Waals surface area contributed by atoms with Crippen LogP contribution in [0.25, 0.3) is 0 Å². The lowest BCUT2D eigenvalue weighted by Gasteiger charge is -2.41. The van der Waals surface area contributed by atoms with Crippen LogP contribution in [0.1, 0.15) is 57.9 Å². The SMILES string of the molecule is COc1cccc(C2(C)CCN(CC3CCCCC3)C=C2C)c1. The highest BCUT2D eigenvalue weighted by molar-refractivity contribution is 5.40. The molecule has 0 saturated heterocycles. The van der Waals surface area contributed by atoms with Gasteiger partial charge >= 0.3 is 0 Å². The van der Waals surface area contributed by atoms with Gasteiger partial charge in [-0.25, -0.2) is 0 Å². The molecule has 1 heterocycles. The van der Waals surface area contributed by atoms with Gasteiger partial charge in [0, 0.05) is 18.5 Å². The normalized spacial score (nSPS) is 26.0. The van der Waals surface area contributed by atoms with E-state index in [1.807, 2.05) is 6.07 Å². The minimum atomic E-state index is 0.137. The van der Waals surface area contributed by atoms with Gasteiger partial charge < -0.3 is 9.64 Å². The molecule has 0 amide bonds. The second kappa shape index (κ2) is 6.98. The first kappa shape index (κ1) is 16.4. The van der Waals surface area contributed by atoms with Gasteiger partial charge in [-0.1, -0.05) is 38.3 Å². The minimum Gasteiger partial charge on any atom is -0.497 e. The van der Waals surface area contributed by atoms with Gasteiger partial charge in [-0.2, -0.15) is 0 Å². The van der Waals surface area contributed by atoms with E-state index in [1.54, 1.807) is 7.11 Å². The van der Waals surface area contributed by atoms with Crippen molar-refractivity contribution in [1.29, 1.82) is 0 Å². The monoisotopic (exact) mass is 313 g/mol. The second-order valence-corrected chi connectivity index (χ2v) is 7.63. The molecule has 0 radical (unpaired) electrons. The average Bonchev–Trinajstić information content (AvgIpc) is 2.59. The van der Waals surface area contributed by atoms with Crippen molar-refractivity contribution in [3.05, 3.63) is 41.6 Å². The van der Waals surface area contributed by atoms with Gasteiger partial charge in [0.25, 0.3) is 0 Å². The summed E-state index contributed by atoms with van der Waals surface area (Å²) in [6, 6.07) is 8.59. The molecule has 23 heavy (non-hydrogen) atoms. The van der Waals surface area contributed by atoms with Crippen molar-refractivity contribution in [2.24, 2.45) is 5.92 Å². The van der Waals surface area contributed by atoms with Crippen molar-refractivity contribution in [2.45, 2.75) is 57.8 Å². The Morgan fingerprint density at radius 2 is 2.00 bits per heavy atom. The van der Waals surface area contributed by atoms with Gasteiger partial charge in [-0.15, -0.1) is 0 Å². The van der Waals surface area contributed by atoms with Crippen LogP contribution in [-0.4, -0.2) is 25.1 Å². The third kappa shape index (κ3) is 3.57. The molecule has 1 aliphatic heterocycles. The van der Waals surface area contributed by atoms with E-state index >= 15 is 0 Å². The predicted octanol–water partition coefficient (Wildman–Crippen LogP) is 5.14. The summed E-state index contributed by atoms with van der Waals surface area (Å²) in [7, 11) is 1.75. The number of methoxy groups -OCH3 is 1. The first-order valence-corrected chi connectivity index (χ1v) is 9.19. The Morgan fingerprint density at radius 3 is 2.70 bits per heavy atom. The summed E-state index contributed by atoms with van der Waals surface area (Å²) in [4.78, 5) is 2.58. The molecule has 1 aromatic carbocycles. The standard InChI is InChI=1S/C21H31NO/c1-17-15-22(16-18-8-5-4-6-9-18)13-12-21(17,2)19-10-7-11-20(14-19)23-3/h7,10-11,14-15,18H,4-6,8-9,12-13,16H2,1-3H3. The van der Waals surface area contributed by atoms with Crippen molar-refractivity contribution < 1.29 is 4.74 Å². The Labute approximate surface area is 141 Å². The van der Waals surface area contributed by atoms with E-state index in [-0.39, 0.29) is 5.41 Å². The van der Waals surface area contributed by atoms with Crippen LogP contribution in [-0.2, 0) is 5.41 Å². The highest BCUT2D eigenvalue weighted by Gasteiger charge is 2.33. The Hall–Kier alpha value is -1.44. The molecule has 0 spiro atoms. The van der Waals surface area contributed by atoms with Gasteiger partial charge in [-0.05, 0) is 61.6 Å². The second-order valence-electron chi connectivity index (χ2n) is 7.63. The van der Waals surface area contributed by atoms with E-state index in [0.29, 0.717) is 0 Å². The molecule has 126 valence electrons. The van der Waals surface area contributed by atoms with Crippen LogP contribution in [0.2, 0.25) is 0 Å². The molecular weight excluding hydrogens is 282 g/mol. The molecule has 1 atom stereocenters. The number of hydrogen-bond donors (Lipinski definition) is 0. The van der Waals surface area contributed by atoms with Crippen LogP contribution in [0.15, 0.2) is 36.0 Å². The number of allylic oxidation sites excluding steroid dienone is 1. The number of hydrogen-bond acceptors (Lipinski definition) is 2. The van der Waals surface area contributed by atoms with Crippen LogP contribution < -0.4 is 4.74 Å². The third-order valence-corrected chi connectivity index (χ3v) is 6.07. The number of ether oxygens (including phenoxy) is 1. The zero-order chi connectivity index (χ0) is 16.3. The lowest BCUT2D eigenvalue weighted by molar-refractivity contribution is 0.225. The molecule has 1 fully saturated rings. The van der Waals surface area contributed by atoms with E-state index in [2.05, 4.69) is 43.1 Å². The quantitative estimate of drug-likeness (QED) is 0.763. The van der Waals surface area contributed by atoms with Gasteiger partial charge in [-0.3, -0.25) is 0 Å². The van der Waals surface area contributed by atoms with Gasteiger partial charge in [0.05, 0.1) is 7.11 Å². The summed E-state index contributed by atoms with van der Waals surface area (Å²) in [5.41, 5.74) is 2.99. The fraction of sp³-hybridized carbons (Fsp3) is 0.619. The Morgan fingerprint density at radius 1 is 1.22 bits per heavy atom. The van der Waals surface area contributed by atoms with Crippen molar-refractivity contribution in [2.75, 3.05) is 20.2 Å². The molecule has 2 nitrogen and oxygen atoms in total. The summed E-state index contributed by atoms with van der Waals surface area (Å²) in [6.07, 6.45) is 10.8. The average molecular weight is 313 g/mol. The van der Waals surface area contributed by atoms with Crippen molar-refractivity contribution in [3.63, 3.8) is 0 Å². The maximum atomic E-state index is 5.42. The molecule has 3 rings (SSSR count). The molecule has 2 aliphatic rings. The largest absolute Gasteiger partial charge is 0.497 e. The van der Waals surface area contributed by atoms with Gasteiger partial charge in [0.1, 0.15) is 5.75 Å². The molecule has 1 aliphatic carbocycles. The van der Waals surface area contributed by atoms with E-state index in [4.69, 9.17) is 4.74 Å². The number of nitrogens with zero attached hydrogens (tertiary/aromatic N) is 1. The van der Waals surface area contributed by atoms with Crippen LogP contribution in [0.4, 0.5) is 0 Å². The van der Waals surface area contributed by atoms with E-state index in [0.717, 1.165) is 11.7 Å². The predicted molar refractivity (Wildman–Crippen MR) is 96.9 cm³/mol. The van der Waals surface area contributed by atoms with Gasteiger partial charge in [0.15, 0.2) is 0 Å². The first-order valence-electron chi connectivity index (χ1n) is 9.19. The van der Waals surface area contributed by atoms with Crippen LogP contribution in [0.5, 0.6) is 5.75 Å². The molecule has 0 bridgehead atoms. The number of benzene rings is 1. The summed E-state index contributed by atoms with van der Waals surface area (Å²) in [6.45, 7) is 7.10. The topological polar surface area (TPSA) is 12.5 Å². The van der Waals surface area contributed by atoms with Crippen LogP contribution >= 0.6 is 0 Å². The lowest BCUT2D eigenvalue weighted by Crippen LogP contribution is -2.38. The third-order valence-electron chi connectivity index (χ3n) is 6.07. The Bertz CT molecular complexity index is 559. The smallest absolute Gasteiger partial charge is 0.119 e. The first-order chi connectivity index (χ1) is 11.1. The molecular formula is C21H31NO. The molecule has 1 saturated carbocycles. The summed E-state index contributed by atoms with van der Waals surface area (Å²) in [5.74, 6) is 1.87. The van der Waals surface area contributed by atoms with Crippen molar-refractivity contribution in [3.8, 4) is 5.75 Å². The van der Waals surface area contributed by atoms with Crippen LogP contribution in [0, 0.1) is 5.92 Å². The molecule has 1 aromatic rings. The zero-order valence-corrected chi connectivity index (χ0v) is 15.0. The minimum absolute atomic E-state index is 0.137. The fourth-order valence-corrected chi connectivity index (χ4v) is 4.23. The Balaban J connectivity index is 1.73. The summed E-state index contributed by atoms with van der Waals surface area (Å²) >= 11 is 0. The van der Waals surface area contributed by atoms with Crippen molar-refractivity contribution >= 4 is 0 Å². The summed E-state index contributed by atoms with van der Waals surface area (Å²) < 4.78 is 5.42. The van der Waals surface area contributed by atoms with E-state index < -0.39 is 0 Å². The molecule has 0 N–H and O–H groups in total. The zero-order valence-electron chi connectivity index (χ0n) is 15.0. The van der Waals surface area contributed by atoms with Crippen molar-refractivity contribution in [1.82, 2.24) is 4.90 Å². The molecule has 1 unspecified atom stereocenters. The maximum absolute atomic E-state index is 5.42. The summed E-state index contributed by atoms with van der Waals surface area (Å²) in [5, 5.41) is 0. The highest BCUT2D eigenvalue weighted by Crippen LogP contribution is 2.40. The van der Waals surface area contributed by atoms with Crippen LogP contribution in [0.3, 0.4) is 0 Å². The molecule has 0 aromatic heterocycles. The number of rotatable bonds is 4.